The van der Waals surface area contributed by atoms with Gasteiger partial charge in [-0.15, -0.1) is 11.3 Å². The number of thiophene rings is 1. The lowest BCUT2D eigenvalue weighted by atomic mass is 10.2. The van der Waals surface area contributed by atoms with Crippen LogP contribution in [0.4, 0.5) is 0 Å². The van der Waals surface area contributed by atoms with E-state index in [-0.39, 0.29) is 5.91 Å². The molecule has 0 aliphatic heterocycles. The number of hydrogen-bond acceptors (Lipinski definition) is 4. The smallest absolute Gasteiger partial charge is 0.225 e. The third-order valence-electron chi connectivity index (χ3n) is 2.95. The fraction of sp³-hybridized carbons (Fsp3) is 0.133. The maximum Gasteiger partial charge on any atom is 0.225 e. The summed E-state index contributed by atoms with van der Waals surface area (Å²) < 4.78 is 1.69. The molecule has 1 amide bonds. The van der Waals surface area contributed by atoms with Gasteiger partial charge in [-0.2, -0.15) is 5.10 Å². The second-order valence-corrected chi connectivity index (χ2v) is 5.54. The molecule has 21 heavy (non-hydrogen) atoms. The Kier molecular flexibility index (Phi) is 4.07. The minimum absolute atomic E-state index is 0.0219. The second kappa shape index (κ2) is 6.32. The van der Waals surface area contributed by atoms with Gasteiger partial charge in [0.1, 0.15) is 0 Å². The molecule has 106 valence electrons. The summed E-state index contributed by atoms with van der Waals surface area (Å²) in [5.41, 5.74) is 0.963. The van der Waals surface area contributed by atoms with Gasteiger partial charge in [0, 0.05) is 30.0 Å². The summed E-state index contributed by atoms with van der Waals surface area (Å²) in [6.45, 7) is 0.483. The van der Waals surface area contributed by atoms with Crippen LogP contribution < -0.4 is 5.32 Å². The maximum atomic E-state index is 11.8. The summed E-state index contributed by atoms with van der Waals surface area (Å²) in [5, 5.41) is 8.99. The van der Waals surface area contributed by atoms with Crippen molar-refractivity contribution in [1.29, 1.82) is 0 Å². The standard InChI is InChI=1S/C15H14N4OS/c20-15(9-13-3-1-8-21-13)17-11-12-4-5-14(16-10-12)19-7-2-6-18-19/h1-8,10H,9,11H2,(H,17,20). The molecule has 0 bridgehead atoms. The number of pyridine rings is 1. The molecular formula is C15H14N4OS. The van der Waals surface area contributed by atoms with E-state index in [4.69, 9.17) is 0 Å². The molecule has 0 atom stereocenters. The van der Waals surface area contributed by atoms with Crippen molar-refractivity contribution in [2.75, 3.05) is 0 Å². The molecule has 3 heterocycles. The lowest BCUT2D eigenvalue weighted by Gasteiger charge is -2.05. The number of rotatable bonds is 5. The Morgan fingerprint density at radius 3 is 2.90 bits per heavy atom. The number of hydrogen-bond donors (Lipinski definition) is 1. The Morgan fingerprint density at radius 1 is 1.29 bits per heavy atom. The van der Waals surface area contributed by atoms with Crippen LogP contribution in [0.5, 0.6) is 0 Å². The zero-order chi connectivity index (χ0) is 14.5. The summed E-state index contributed by atoms with van der Waals surface area (Å²) in [4.78, 5) is 17.2. The van der Waals surface area contributed by atoms with Crippen LogP contribution in [0.1, 0.15) is 10.4 Å². The third-order valence-corrected chi connectivity index (χ3v) is 3.83. The van der Waals surface area contributed by atoms with Crippen LogP contribution in [0.15, 0.2) is 54.3 Å². The van der Waals surface area contributed by atoms with Gasteiger partial charge in [-0.25, -0.2) is 9.67 Å². The summed E-state index contributed by atoms with van der Waals surface area (Å²) in [7, 11) is 0. The van der Waals surface area contributed by atoms with Crippen molar-refractivity contribution in [3.8, 4) is 5.82 Å². The van der Waals surface area contributed by atoms with Crippen LogP contribution in [0, 0.1) is 0 Å². The van der Waals surface area contributed by atoms with E-state index in [1.807, 2.05) is 41.9 Å². The van der Waals surface area contributed by atoms with Gasteiger partial charge in [-0.1, -0.05) is 12.1 Å². The summed E-state index contributed by atoms with van der Waals surface area (Å²) in [6, 6.07) is 9.58. The summed E-state index contributed by atoms with van der Waals surface area (Å²) in [6.07, 6.45) is 5.73. The van der Waals surface area contributed by atoms with Gasteiger partial charge in [0.15, 0.2) is 5.82 Å². The maximum absolute atomic E-state index is 11.8. The normalized spacial score (nSPS) is 10.5. The van der Waals surface area contributed by atoms with E-state index in [1.54, 1.807) is 28.4 Å². The molecule has 0 aliphatic rings. The lowest BCUT2D eigenvalue weighted by molar-refractivity contribution is -0.120. The van der Waals surface area contributed by atoms with Crippen molar-refractivity contribution in [3.63, 3.8) is 0 Å². The molecule has 5 nitrogen and oxygen atoms in total. The average Bonchev–Trinajstić information content (AvgIpc) is 3.19. The number of nitrogens with zero attached hydrogens (tertiary/aromatic N) is 3. The first-order valence-corrected chi connectivity index (χ1v) is 7.43. The Morgan fingerprint density at radius 2 is 2.24 bits per heavy atom. The number of aromatic nitrogens is 3. The number of amides is 1. The van der Waals surface area contributed by atoms with E-state index in [0.717, 1.165) is 16.3 Å². The first kappa shape index (κ1) is 13.5. The molecule has 3 rings (SSSR count). The largest absolute Gasteiger partial charge is 0.352 e. The zero-order valence-corrected chi connectivity index (χ0v) is 12.1. The summed E-state index contributed by atoms with van der Waals surface area (Å²) >= 11 is 1.59. The molecule has 0 unspecified atom stereocenters. The van der Waals surface area contributed by atoms with Gasteiger partial charge >= 0.3 is 0 Å². The molecule has 1 N–H and O–H groups in total. The van der Waals surface area contributed by atoms with Crippen LogP contribution in [0.25, 0.3) is 5.82 Å². The van der Waals surface area contributed by atoms with E-state index in [1.165, 1.54) is 0 Å². The van der Waals surface area contributed by atoms with Gasteiger partial charge in [0.2, 0.25) is 5.91 Å². The Balaban J connectivity index is 1.55. The second-order valence-electron chi connectivity index (χ2n) is 4.51. The van der Waals surface area contributed by atoms with Crippen LogP contribution >= 0.6 is 11.3 Å². The van der Waals surface area contributed by atoms with Crippen LogP contribution in [0.3, 0.4) is 0 Å². The van der Waals surface area contributed by atoms with Gasteiger partial charge < -0.3 is 5.32 Å². The Bertz CT molecular complexity index is 690. The van der Waals surface area contributed by atoms with Gasteiger partial charge in [-0.3, -0.25) is 4.79 Å². The molecular weight excluding hydrogens is 284 g/mol. The van der Waals surface area contributed by atoms with Crippen LogP contribution in [0.2, 0.25) is 0 Å². The highest BCUT2D eigenvalue weighted by Gasteiger charge is 2.04. The van der Waals surface area contributed by atoms with Crippen LogP contribution in [-0.4, -0.2) is 20.7 Å². The molecule has 3 aromatic rings. The highest BCUT2D eigenvalue weighted by atomic mass is 32.1. The highest BCUT2D eigenvalue weighted by molar-refractivity contribution is 7.10. The molecule has 0 fully saturated rings. The van der Waals surface area contributed by atoms with Crippen molar-refractivity contribution < 1.29 is 4.79 Å². The quantitative estimate of drug-likeness (QED) is 0.785. The predicted molar refractivity (Wildman–Crippen MR) is 81.2 cm³/mol. The number of nitrogens with one attached hydrogen (secondary N) is 1. The molecule has 0 saturated heterocycles. The van der Waals surface area contributed by atoms with Crippen molar-refractivity contribution in [3.05, 3.63) is 64.7 Å². The molecule has 0 spiro atoms. The number of carbonyl (C=O) groups excluding carboxylic acids is 1. The lowest BCUT2D eigenvalue weighted by Crippen LogP contribution is -2.24. The first-order valence-electron chi connectivity index (χ1n) is 6.55. The van der Waals surface area contributed by atoms with E-state index >= 15 is 0 Å². The average molecular weight is 298 g/mol. The molecule has 0 radical (unpaired) electrons. The predicted octanol–water partition coefficient (Wildman–Crippen LogP) is 2.19. The van der Waals surface area contributed by atoms with Crippen molar-refractivity contribution in [2.45, 2.75) is 13.0 Å². The van der Waals surface area contributed by atoms with E-state index < -0.39 is 0 Å². The van der Waals surface area contributed by atoms with Crippen molar-refractivity contribution >= 4 is 17.2 Å². The molecule has 0 saturated carbocycles. The fourth-order valence-electron chi connectivity index (χ4n) is 1.90. The van der Waals surface area contributed by atoms with Gasteiger partial charge in [-0.05, 0) is 29.1 Å². The summed E-state index contributed by atoms with van der Waals surface area (Å²) in [5.74, 6) is 0.780. The van der Waals surface area contributed by atoms with E-state index in [9.17, 15) is 4.79 Å². The fourth-order valence-corrected chi connectivity index (χ4v) is 2.60. The Labute approximate surface area is 126 Å². The van der Waals surface area contributed by atoms with Gasteiger partial charge in [0.05, 0.1) is 6.42 Å². The third kappa shape index (κ3) is 3.55. The molecule has 0 aromatic carbocycles. The van der Waals surface area contributed by atoms with Crippen molar-refractivity contribution in [2.24, 2.45) is 0 Å². The first-order chi connectivity index (χ1) is 10.3. The van der Waals surface area contributed by atoms with Crippen molar-refractivity contribution in [1.82, 2.24) is 20.1 Å². The van der Waals surface area contributed by atoms with Gasteiger partial charge in [0.25, 0.3) is 0 Å². The zero-order valence-electron chi connectivity index (χ0n) is 11.3. The molecule has 6 heteroatoms. The minimum Gasteiger partial charge on any atom is -0.352 e. The SMILES string of the molecule is O=C(Cc1cccs1)NCc1ccc(-n2cccn2)nc1. The molecule has 0 aliphatic carbocycles. The molecule has 3 aromatic heterocycles. The number of carbonyl (C=O) groups is 1. The monoisotopic (exact) mass is 298 g/mol. The van der Waals surface area contributed by atoms with E-state index in [0.29, 0.717) is 13.0 Å². The van der Waals surface area contributed by atoms with Crippen LogP contribution in [-0.2, 0) is 17.8 Å². The highest BCUT2D eigenvalue weighted by Crippen LogP contribution is 2.09. The Hall–Kier alpha value is -2.47. The topological polar surface area (TPSA) is 59.8 Å². The minimum atomic E-state index is 0.0219. The van der Waals surface area contributed by atoms with E-state index in [2.05, 4.69) is 15.4 Å².